The molecule has 1 aliphatic rings. The van der Waals surface area contributed by atoms with Crippen LogP contribution in [0, 0.1) is 0 Å². The second-order valence-electron chi connectivity index (χ2n) is 8.64. The minimum absolute atomic E-state index is 0.0226. The highest BCUT2D eigenvalue weighted by atomic mass is 16.2. The Morgan fingerprint density at radius 2 is 1.88 bits per heavy atom. The van der Waals surface area contributed by atoms with Gasteiger partial charge < -0.3 is 15.1 Å². The molecule has 6 nitrogen and oxygen atoms in total. The summed E-state index contributed by atoms with van der Waals surface area (Å²) in [7, 11) is 3.93. The first kappa shape index (κ1) is 22.5. The molecule has 1 aromatic heterocycles. The van der Waals surface area contributed by atoms with Gasteiger partial charge in [0.25, 0.3) is 11.8 Å². The number of hydrogen-bond acceptors (Lipinski definition) is 4. The maximum atomic E-state index is 13.2. The van der Waals surface area contributed by atoms with Crippen molar-refractivity contribution < 1.29 is 9.59 Å². The average molecular weight is 443 g/mol. The number of nitrogens with zero attached hydrogens (tertiary/aromatic N) is 3. The fourth-order valence-electron chi connectivity index (χ4n) is 4.29. The summed E-state index contributed by atoms with van der Waals surface area (Å²) in [4.78, 5) is 34.7. The minimum Gasteiger partial charge on any atom is -0.378 e. The zero-order valence-electron chi connectivity index (χ0n) is 19.2. The third-order valence-corrected chi connectivity index (χ3v) is 6.08. The van der Waals surface area contributed by atoms with Crippen LogP contribution < -0.4 is 10.2 Å². The first-order valence-corrected chi connectivity index (χ1v) is 11.4. The molecule has 2 amide bonds. The van der Waals surface area contributed by atoms with Crippen LogP contribution in [0.1, 0.15) is 50.7 Å². The molecule has 1 N–H and O–H groups in total. The third-order valence-electron chi connectivity index (χ3n) is 6.08. The van der Waals surface area contributed by atoms with Crippen molar-refractivity contribution in [1.29, 1.82) is 0 Å². The summed E-state index contributed by atoms with van der Waals surface area (Å²) in [5.74, 6) is -0.0862. The molecular formula is C27H30N4O2. The van der Waals surface area contributed by atoms with Crippen LogP contribution in [0.3, 0.4) is 0 Å². The van der Waals surface area contributed by atoms with Gasteiger partial charge in [-0.3, -0.25) is 14.6 Å². The smallest absolute Gasteiger partial charge is 0.253 e. The van der Waals surface area contributed by atoms with Crippen molar-refractivity contribution in [2.24, 2.45) is 0 Å². The van der Waals surface area contributed by atoms with Gasteiger partial charge in [-0.15, -0.1) is 0 Å². The van der Waals surface area contributed by atoms with Crippen LogP contribution in [0.25, 0.3) is 0 Å². The Morgan fingerprint density at radius 1 is 1.06 bits per heavy atom. The highest BCUT2D eigenvalue weighted by molar-refractivity contribution is 5.96. The molecule has 0 radical (unpaired) electrons. The molecule has 0 spiro atoms. The number of carbonyl (C=O) groups excluding carboxylic acids is 2. The Balaban J connectivity index is 1.49. The van der Waals surface area contributed by atoms with Gasteiger partial charge in [0.2, 0.25) is 0 Å². The Morgan fingerprint density at radius 3 is 2.67 bits per heavy atom. The maximum absolute atomic E-state index is 13.2. The number of hydrogen-bond donors (Lipinski definition) is 1. The van der Waals surface area contributed by atoms with Gasteiger partial charge >= 0.3 is 0 Å². The van der Waals surface area contributed by atoms with Crippen LogP contribution in [-0.4, -0.2) is 48.9 Å². The number of anilines is 1. The first-order chi connectivity index (χ1) is 16.0. The topological polar surface area (TPSA) is 65.5 Å². The van der Waals surface area contributed by atoms with Gasteiger partial charge in [0, 0.05) is 57.1 Å². The quantitative estimate of drug-likeness (QED) is 0.624. The van der Waals surface area contributed by atoms with Gasteiger partial charge in [0.05, 0.1) is 11.3 Å². The van der Waals surface area contributed by atoms with E-state index in [2.05, 4.69) is 10.3 Å². The number of benzene rings is 2. The van der Waals surface area contributed by atoms with E-state index >= 15 is 0 Å². The number of pyridine rings is 1. The van der Waals surface area contributed by atoms with Crippen molar-refractivity contribution >= 4 is 17.5 Å². The number of piperidine rings is 1. The fraction of sp³-hybridized carbons (Fsp3) is 0.296. The van der Waals surface area contributed by atoms with Crippen LogP contribution >= 0.6 is 0 Å². The van der Waals surface area contributed by atoms with Crippen molar-refractivity contribution in [3.63, 3.8) is 0 Å². The van der Waals surface area contributed by atoms with Crippen LogP contribution in [0.4, 0.5) is 5.69 Å². The van der Waals surface area contributed by atoms with Crippen molar-refractivity contribution in [1.82, 2.24) is 15.2 Å². The van der Waals surface area contributed by atoms with E-state index in [1.807, 2.05) is 84.6 Å². The molecular weight excluding hydrogens is 412 g/mol. The van der Waals surface area contributed by atoms with Gasteiger partial charge in [-0.25, -0.2) is 0 Å². The van der Waals surface area contributed by atoms with Crippen molar-refractivity contribution in [2.75, 3.05) is 32.1 Å². The summed E-state index contributed by atoms with van der Waals surface area (Å²) in [6.45, 7) is 1.73. The summed E-state index contributed by atoms with van der Waals surface area (Å²) >= 11 is 0. The molecule has 0 bridgehead atoms. The number of aromatic nitrogens is 1. The van der Waals surface area contributed by atoms with E-state index in [9.17, 15) is 9.59 Å². The zero-order valence-corrected chi connectivity index (χ0v) is 19.2. The van der Waals surface area contributed by atoms with Crippen molar-refractivity contribution in [3.05, 3.63) is 95.3 Å². The predicted molar refractivity (Wildman–Crippen MR) is 130 cm³/mol. The van der Waals surface area contributed by atoms with Gasteiger partial charge in [-0.2, -0.15) is 0 Å². The van der Waals surface area contributed by atoms with Crippen LogP contribution in [-0.2, 0) is 6.54 Å². The third kappa shape index (κ3) is 5.40. The Hall–Kier alpha value is -3.67. The van der Waals surface area contributed by atoms with Crippen molar-refractivity contribution in [3.8, 4) is 0 Å². The largest absolute Gasteiger partial charge is 0.378 e. The Kier molecular flexibility index (Phi) is 7.03. The molecule has 1 atom stereocenters. The second-order valence-corrected chi connectivity index (χ2v) is 8.64. The lowest BCUT2D eigenvalue weighted by Crippen LogP contribution is -2.40. The molecule has 2 heterocycles. The average Bonchev–Trinajstić information content (AvgIpc) is 2.87. The monoisotopic (exact) mass is 442 g/mol. The summed E-state index contributed by atoms with van der Waals surface area (Å²) in [6, 6.07) is 21.2. The lowest BCUT2D eigenvalue weighted by Gasteiger charge is -2.33. The SMILES string of the molecule is CN(C)c1cccc(C(=O)N2CCC[C@@H](c3ncccc3C(=O)NCc3ccccc3)C2)c1. The van der Waals surface area contributed by atoms with E-state index in [0.29, 0.717) is 30.8 Å². The van der Waals surface area contributed by atoms with Crippen LogP contribution in [0.2, 0.25) is 0 Å². The van der Waals surface area contributed by atoms with E-state index in [4.69, 9.17) is 0 Å². The summed E-state index contributed by atoms with van der Waals surface area (Å²) in [5.41, 5.74) is 4.08. The lowest BCUT2D eigenvalue weighted by molar-refractivity contribution is 0.0705. The molecule has 4 rings (SSSR count). The molecule has 2 aromatic carbocycles. The van der Waals surface area contributed by atoms with E-state index < -0.39 is 0 Å². The first-order valence-electron chi connectivity index (χ1n) is 11.4. The second kappa shape index (κ2) is 10.3. The number of rotatable bonds is 6. The molecule has 0 unspecified atom stereocenters. The van der Waals surface area contributed by atoms with E-state index in [-0.39, 0.29) is 17.7 Å². The Labute approximate surface area is 195 Å². The molecule has 1 saturated heterocycles. The predicted octanol–water partition coefficient (Wildman–Crippen LogP) is 4.10. The summed E-state index contributed by atoms with van der Waals surface area (Å²) < 4.78 is 0. The van der Waals surface area contributed by atoms with E-state index in [1.54, 1.807) is 12.3 Å². The zero-order chi connectivity index (χ0) is 23.2. The number of nitrogens with one attached hydrogen (secondary N) is 1. The van der Waals surface area contributed by atoms with E-state index in [1.165, 1.54) is 0 Å². The van der Waals surface area contributed by atoms with Crippen LogP contribution in [0.15, 0.2) is 72.9 Å². The summed E-state index contributed by atoms with van der Waals surface area (Å²) in [6.07, 6.45) is 3.51. The lowest BCUT2D eigenvalue weighted by atomic mass is 9.91. The molecule has 6 heteroatoms. The molecule has 170 valence electrons. The molecule has 3 aromatic rings. The maximum Gasteiger partial charge on any atom is 0.253 e. The van der Waals surface area contributed by atoms with Crippen LogP contribution in [0.5, 0.6) is 0 Å². The highest BCUT2D eigenvalue weighted by Gasteiger charge is 2.29. The minimum atomic E-state index is -0.135. The highest BCUT2D eigenvalue weighted by Crippen LogP contribution is 2.29. The van der Waals surface area contributed by atoms with E-state index in [0.717, 1.165) is 29.8 Å². The van der Waals surface area contributed by atoms with Gasteiger partial charge in [0.1, 0.15) is 0 Å². The molecule has 1 aliphatic heterocycles. The molecule has 33 heavy (non-hydrogen) atoms. The molecule has 0 aliphatic carbocycles. The molecule has 1 fully saturated rings. The number of amides is 2. The van der Waals surface area contributed by atoms with Crippen molar-refractivity contribution in [2.45, 2.75) is 25.3 Å². The number of likely N-dealkylation sites (tertiary alicyclic amines) is 1. The molecule has 0 saturated carbocycles. The number of carbonyl (C=O) groups is 2. The Bertz CT molecular complexity index is 1110. The van der Waals surface area contributed by atoms with Gasteiger partial charge in [0.15, 0.2) is 0 Å². The normalized spacial score (nSPS) is 15.7. The fourth-order valence-corrected chi connectivity index (χ4v) is 4.29. The standard InChI is InChI=1S/C27H30N4O2/c1-30(2)23-13-6-11-21(17-23)27(33)31-16-8-12-22(19-31)25-24(14-7-15-28-25)26(32)29-18-20-9-4-3-5-10-20/h3-7,9-11,13-15,17,22H,8,12,16,18-19H2,1-2H3,(H,29,32)/t22-/m1/s1. The summed E-state index contributed by atoms with van der Waals surface area (Å²) in [5, 5.41) is 3.01. The van der Waals surface area contributed by atoms with Gasteiger partial charge in [-0.05, 0) is 48.7 Å². The van der Waals surface area contributed by atoms with Gasteiger partial charge in [-0.1, -0.05) is 36.4 Å².